The van der Waals surface area contributed by atoms with Crippen molar-refractivity contribution >= 4 is 23.5 Å². The maximum absolute atomic E-state index is 5.90. The summed E-state index contributed by atoms with van der Waals surface area (Å²) in [7, 11) is 0. The van der Waals surface area contributed by atoms with Gasteiger partial charge in [0, 0.05) is 6.07 Å². The maximum Gasteiger partial charge on any atom is 0.121 e. The van der Waals surface area contributed by atoms with Crippen LogP contribution in [0.2, 0.25) is 0 Å². The smallest absolute Gasteiger partial charge is 0.121 e. The predicted molar refractivity (Wildman–Crippen MR) is 156 cm³/mol. The summed E-state index contributed by atoms with van der Waals surface area (Å²) in [5.41, 5.74) is 15.0. The molecule has 0 aliphatic heterocycles. The molecule has 5 nitrogen and oxygen atoms in total. The molecule has 0 aliphatic rings. The van der Waals surface area contributed by atoms with Gasteiger partial charge in [0.2, 0.25) is 0 Å². The molecular weight excluding hydrogens is 460 g/mol. The zero-order valence-corrected chi connectivity index (χ0v) is 22.2. The highest BCUT2D eigenvalue weighted by atomic mass is 16.5. The van der Waals surface area contributed by atoms with E-state index in [-0.39, 0.29) is 0 Å². The van der Waals surface area contributed by atoms with Crippen LogP contribution in [0.3, 0.4) is 0 Å². The summed E-state index contributed by atoms with van der Waals surface area (Å²) in [5, 5.41) is 0. The SMILES string of the molecule is CCCCCCOc1ccc(C=Cc2ccc(OCCCCCCOc3ccc(N)c(N)c3)cc2)cc1. The number of nitrogen functional groups attached to an aromatic ring is 2. The van der Waals surface area contributed by atoms with E-state index in [1.165, 1.54) is 19.3 Å². The molecule has 3 aromatic carbocycles. The number of nitrogens with two attached hydrogens (primary N) is 2. The summed E-state index contributed by atoms with van der Waals surface area (Å²) in [6.45, 7) is 4.41. The van der Waals surface area contributed by atoms with Crippen molar-refractivity contribution in [1.82, 2.24) is 0 Å². The van der Waals surface area contributed by atoms with Crippen molar-refractivity contribution in [3.63, 3.8) is 0 Å². The highest BCUT2D eigenvalue weighted by Gasteiger charge is 2.00. The Morgan fingerprint density at radius 2 is 0.946 bits per heavy atom. The molecule has 0 bridgehead atoms. The van der Waals surface area contributed by atoms with E-state index in [1.807, 2.05) is 30.3 Å². The molecule has 0 radical (unpaired) electrons. The molecule has 5 heteroatoms. The molecule has 0 saturated carbocycles. The fraction of sp³-hybridized carbons (Fsp3) is 0.375. The number of hydrogen-bond acceptors (Lipinski definition) is 5. The second kappa shape index (κ2) is 16.2. The highest BCUT2D eigenvalue weighted by molar-refractivity contribution is 5.70. The minimum absolute atomic E-state index is 0.558. The molecule has 3 rings (SSSR count). The zero-order valence-electron chi connectivity index (χ0n) is 22.2. The first kappa shape index (κ1) is 28.0. The molecule has 198 valence electrons. The van der Waals surface area contributed by atoms with Gasteiger partial charge < -0.3 is 25.7 Å². The highest BCUT2D eigenvalue weighted by Crippen LogP contribution is 2.22. The summed E-state index contributed by atoms with van der Waals surface area (Å²) in [4.78, 5) is 0. The van der Waals surface area contributed by atoms with Crippen LogP contribution in [0.15, 0.2) is 66.7 Å². The monoisotopic (exact) mass is 502 g/mol. The Hall–Kier alpha value is -3.60. The van der Waals surface area contributed by atoms with Gasteiger partial charge in [0.25, 0.3) is 0 Å². The van der Waals surface area contributed by atoms with Crippen molar-refractivity contribution in [3.05, 3.63) is 77.9 Å². The fourth-order valence-corrected chi connectivity index (χ4v) is 3.84. The molecular formula is C32H42N2O3. The fourth-order valence-electron chi connectivity index (χ4n) is 3.84. The predicted octanol–water partition coefficient (Wildman–Crippen LogP) is 8.00. The largest absolute Gasteiger partial charge is 0.494 e. The van der Waals surface area contributed by atoms with E-state index in [9.17, 15) is 0 Å². The summed E-state index contributed by atoms with van der Waals surface area (Å²) in [6, 6.07) is 21.9. The molecule has 0 amide bonds. The lowest BCUT2D eigenvalue weighted by Gasteiger charge is -2.09. The summed E-state index contributed by atoms with van der Waals surface area (Å²) >= 11 is 0. The van der Waals surface area contributed by atoms with Crippen molar-refractivity contribution in [1.29, 1.82) is 0 Å². The van der Waals surface area contributed by atoms with Crippen molar-refractivity contribution in [2.45, 2.75) is 58.3 Å². The van der Waals surface area contributed by atoms with E-state index < -0.39 is 0 Å². The lowest BCUT2D eigenvalue weighted by molar-refractivity contribution is 0.287. The lowest BCUT2D eigenvalue weighted by atomic mass is 10.1. The van der Waals surface area contributed by atoms with Crippen LogP contribution >= 0.6 is 0 Å². The van der Waals surface area contributed by atoms with Gasteiger partial charge in [-0.2, -0.15) is 0 Å². The van der Waals surface area contributed by atoms with E-state index >= 15 is 0 Å². The van der Waals surface area contributed by atoms with Gasteiger partial charge in [-0.25, -0.2) is 0 Å². The maximum atomic E-state index is 5.90. The van der Waals surface area contributed by atoms with Crippen LogP contribution in [0, 0.1) is 0 Å². The average molecular weight is 503 g/mol. The average Bonchev–Trinajstić information content (AvgIpc) is 2.92. The van der Waals surface area contributed by atoms with Crippen LogP contribution in [0.5, 0.6) is 17.2 Å². The lowest BCUT2D eigenvalue weighted by Crippen LogP contribution is -2.01. The number of rotatable bonds is 17. The Labute approximate surface area is 222 Å². The van der Waals surface area contributed by atoms with Crippen LogP contribution in [-0.4, -0.2) is 19.8 Å². The van der Waals surface area contributed by atoms with Crippen LogP contribution in [0.25, 0.3) is 12.2 Å². The van der Waals surface area contributed by atoms with Gasteiger partial charge in [0.1, 0.15) is 17.2 Å². The van der Waals surface area contributed by atoms with Crippen molar-refractivity contribution in [2.75, 3.05) is 31.3 Å². The van der Waals surface area contributed by atoms with E-state index in [0.717, 1.165) is 73.7 Å². The number of unbranched alkanes of at least 4 members (excludes halogenated alkanes) is 6. The minimum atomic E-state index is 0.558. The molecule has 0 saturated heterocycles. The third-order valence-electron chi connectivity index (χ3n) is 6.13. The Bertz CT molecular complexity index is 1060. The normalized spacial score (nSPS) is 11.1. The van der Waals surface area contributed by atoms with Gasteiger partial charge in [0.05, 0.1) is 31.2 Å². The summed E-state index contributed by atoms with van der Waals surface area (Å²) in [6.07, 6.45) is 13.3. The quantitative estimate of drug-likeness (QED) is 0.111. The van der Waals surface area contributed by atoms with E-state index in [4.69, 9.17) is 25.7 Å². The Kier molecular flexibility index (Phi) is 12.3. The van der Waals surface area contributed by atoms with Crippen molar-refractivity contribution in [2.24, 2.45) is 0 Å². The van der Waals surface area contributed by atoms with Gasteiger partial charge in [0.15, 0.2) is 0 Å². The number of ether oxygens (including phenoxy) is 3. The van der Waals surface area contributed by atoms with E-state index in [0.29, 0.717) is 18.0 Å². The standard InChI is InChI=1S/C32H42N2O3/c1-2-3-4-7-22-35-28-16-12-26(13-17-28)10-11-27-14-18-29(19-15-27)36-23-8-5-6-9-24-37-30-20-21-31(33)32(34)25-30/h10-21,25H,2-9,22-24,33-34H2,1H3. The van der Waals surface area contributed by atoms with E-state index in [2.05, 4.69) is 43.3 Å². The third-order valence-corrected chi connectivity index (χ3v) is 6.13. The molecule has 0 spiro atoms. The second-order valence-corrected chi connectivity index (χ2v) is 9.28. The number of benzene rings is 3. The topological polar surface area (TPSA) is 79.7 Å². The molecule has 37 heavy (non-hydrogen) atoms. The molecule has 3 aromatic rings. The Morgan fingerprint density at radius 1 is 0.514 bits per heavy atom. The summed E-state index contributed by atoms with van der Waals surface area (Å²) < 4.78 is 17.4. The van der Waals surface area contributed by atoms with Gasteiger partial charge in [-0.3, -0.25) is 0 Å². The van der Waals surface area contributed by atoms with Gasteiger partial charge in [-0.15, -0.1) is 0 Å². The number of anilines is 2. The molecule has 0 unspecified atom stereocenters. The molecule has 0 aliphatic carbocycles. The second-order valence-electron chi connectivity index (χ2n) is 9.28. The van der Waals surface area contributed by atoms with Crippen molar-refractivity contribution in [3.8, 4) is 17.2 Å². The zero-order chi connectivity index (χ0) is 26.1. The minimum Gasteiger partial charge on any atom is -0.494 e. The van der Waals surface area contributed by atoms with Crippen LogP contribution < -0.4 is 25.7 Å². The Morgan fingerprint density at radius 3 is 1.41 bits per heavy atom. The first-order valence-electron chi connectivity index (χ1n) is 13.6. The van der Waals surface area contributed by atoms with E-state index in [1.54, 1.807) is 12.1 Å². The molecule has 0 aromatic heterocycles. The molecule has 4 N–H and O–H groups in total. The van der Waals surface area contributed by atoms with Gasteiger partial charge in [-0.1, -0.05) is 62.6 Å². The number of hydrogen-bond donors (Lipinski definition) is 2. The summed E-state index contributed by atoms with van der Waals surface area (Å²) in [5.74, 6) is 2.61. The van der Waals surface area contributed by atoms with Crippen LogP contribution in [0.1, 0.15) is 69.4 Å². The van der Waals surface area contributed by atoms with Gasteiger partial charge >= 0.3 is 0 Å². The first-order chi connectivity index (χ1) is 18.1. The van der Waals surface area contributed by atoms with Gasteiger partial charge in [-0.05, 0) is 79.6 Å². The molecule has 0 atom stereocenters. The molecule has 0 heterocycles. The first-order valence-corrected chi connectivity index (χ1v) is 13.6. The van der Waals surface area contributed by atoms with Crippen LogP contribution in [-0.2, 0) is 0 Å². The van der Waals surface area contributed by atoms with Crippen LogP contribution in [0.4, 0.5) is 11.4 Å². The van der Waals surface area contributed by atoms with Crippen molar-refractivity contribution < 1.29 is 14.2 Å². The third kappa shape index (κ3) is 10.9. The molecule has 0 fully saturated rings. The Balaban J connectivity index is 1.26.